The molecule has 132 valence electrons. The lowest BCUT2D eigenvalue weighted by Crippen LogP contribution is -2.35. The molecule has 25 heavy (non-hydrogen) atoms. The van der Waals surface area contributed by atoms with Gasteiger partial charge in [-0.2, -0.15) is 0 Å². The molecule has 1 unspecified atom stereocenters. The van der Waals surface area contributed by atoms with Gasteiger partial charge in [-0.15, -0.1) is 11.3 Å². The smallest absolute Gasteiger partial charge is 0.277 e. The van der Waals surface area contributed by atoms with E-state index in [1.807, 2.05) is 4.90 Å². The van der Waals surface area contributed by atoms with E-state index in [0.717, 1.165) is 0 Å². The van der Waals surface area contributed by atoms with Crippen LogP contribution < -0.4 is 15.1 Å². The Bertz CT molecular complexity index is 872. The zero-order valence-corrected chi connectivity index (χ0v) is 14.5. The lowest BCUT2D eigenvalue weighted by atomic mass is 10.3. The van der Waals surface area contributed by atoms with Crippen LogP contribution in [0.25, 0.3) is 0 Å². The lowest BCUT2D eigenvalue weighted by molar-refractivity contribution is 0.0705. The zero-order valence-electron chi connectivity index (χ0n) is 12.9. The maximum absolute atomic E-state index is 12.3. The monoisotopic (exact) mass is 381 g/mol. The van der Waals surface area contributed by atoms with Gasteiger partial charge in [-0.1, -0.05) is 6.07 Å². The van der Waals surface area contributed by atoms with Gasteiger partial charge in [0.15, 0.2) is 0 Å². The molecule has 0 bridgehead atoms. The van der Waals surface area contributed by atoms with Crippen molar-refractivity contribution < 1.29 is 18.4 Å². The van der Waals surface area contributed by atoms with Crippen molar-refractivity contribution in [2.75, 3.05) is 18.0 Å². The van der Waals surface area contributed by atoms with Crippen LogP contribution in [0, 0.1) is 11.8 Å². The molecular formula is C14H15N5O4S2. The minimum Gasteiger partial charge on any atom is -0.340 e. The van der Waals surface area contributed by atoms with E-state index in [2.05, 4.69) is 14.7 Å². The molecule has 2 aromatic rings. The first-order valence-electron chi connectivity index (χ1n) is 7.57. The fourth-order valence-electron chi connectivity index (χ4n) is 3.18. The minimum atomic E-state index is -3.45. The van der Waals surface area contributed by atoms with Crippen LogP contribution in [0.1, 0.15) is 10.4 Å². The van der Waals surface area contributed by atoms with Crippen LogP contribution in [0.3, 0.4) is 0 Å². The van der Waals surface area contributed by atoms with Gasteiger partial charge in [0.1, 0.15) is 4.21 Å². The van der Waals surface area contributed by atoms with Crippen molar-refractivity contribution in [3.05, 3.63) is 35.5 Å². The predicted octanol–water partition coefficient (Wildman–Crippen LogP) is 0.0702. The zero-order chi connectivity index (χ0) is 17.6. The Morgan fingerprint density at radius 2 is 1.96 bits per heavy atom. The van der Waals surface area contributed by atoms with Crippen LogP contribution in [0.15, 0.2) is 34.1 Å². The second kappa shape index (κ2) is 6.02. The SMILES string of the molecule is O=C(NO)c1cnc(N2C[C@@H]3C(NS(=O)(=O)c4cccs4)[C@@H]3C2)nc1. The van der Waals surface area contributed by atoms with Gasteiger partial charge in [-0.05, 0) is 23.3 Å². The fraction of sp³-hybridized carbons (Fsp3) is 0.357. The quantitative estimate of drug-likeness (QED) is 0.494. The Morgan fingerprint density at radius 1 is 1.28 bits per heavy atom. The number of fused-ring (bicyclic) bond motifs is 1. The van der Waals surface area contributed by atoms with Crippen molar-refractivity contribution in [3.8, 4) is 0 Å². The minimum absolute atomic E-state index is 0.0530. The van der Waals surface area contributed by atoms with Crippen LogP contribution in [-0.2, 0) is 10.0 Å². The number of piperidine rings is 1. The summed E-state index contributed by atoms with van der Waals surface area (Å²) in [5.74, 6) is 0.290. The maximum Gasteiger partial charge on any atom is 0.277 e. The van der Waals surface area contributed by atoms with Gasteiger partial charge in [-0.3, -0.25) is 10.0 Å². The van der Waals surface area contributed by atoms with Crippen molar-refractivity contribution in [1.29, 1.82) is 0 Å². The van der Waals surface area contributed by atoms with Gasteiger partial charge in [0.2, 0.25) is 16.0 Å². The van der Waals surface area contributed by atoms with Gasteiger partial charge in [0, 0.05) is 31.5 Å². The molecule has 2 aliphatic rings. The van der Waals surface area contributed by atoms with E-state index in [0.29, 0.717) is 23.2 Å². The first-order valence-corrected chi connectivity index (χ1v) is 9.93. The number of amides is 1. The molecule has 0 aromatic carbocycles. The molecule has 1 saturated carbocycles. The van der Waals surface area contributed by atoms with Crippen molar-refractivity contribution >= 4 is 33.2 Å². The van der Waals surface area contributed by atoms with Crippen LogP contribution in [0.4, 0.5) is 5.95 Å². The van der Waals surface area contributed by atoms with Gasteiger partial charge in [0.25, 0.3) is 5.91 Å². The third-order valence-corrected chi connectivity index (χ3v) is 7.39. The normalized spacial score (nSPS) is 24.8. The first-order chi connectivity index (χ1) is 12.0. The second-order valence-corrected chi connectivity index (χ2v) is 8.91. The topological polar surface area (TPSA) is 125 Å². The highest BCUT2D eigenvalue weighted by Gasteiger charge is 2.57. The third kappa shape index (κ3) is 2.99. The Morgan fingerprint density at radius 3 is 2.52 bits per heavy atom. The highest BCUT2D eigenvalue weighted by atomic mass is 32.2. The number of nitrogens with one attached hydrogen (secondary N) is 2. The lowest BCUT2D eigenvalue weighted by Gasteiger charge is -2.19. The summed E-state index contributed by atoms with van der Waals surface area (Å²) < 4.78 is 27.6. The maximum atomic E-state index is 12.3. The number of hydroxylamine groups is 1. The molecule has 9 nitrogen and oxygen atoms in total. The van der Waals surface area contributed by atoms with Gasteiger partial charge < -0.3 is 4.90 Å². The Labute approximate surface area is 147 Å². The molecule has 3 N–H and O–H groups in total. The molecule has 1 aliphatic heterocycles. The van der Waals surface area contributed by atoms with E-state index in [1.54, 1.807) is 17.5 Å². The van der Waals surface area contributed by atoms with Crippen LogP contribution in [0.5, 0.6) is 0 Å². The summed E-state index contributed by atoms with van der Waals surface area (Å²) in [6.45, 7) is 1.32. The van der Waals surface area contributed by atoms with E-state index < -0.39 is 15.9 Å². The average molecular weight is 381 g/mol. The Balaban J connectivity index is 1.37. The van der Waals surface area contributed by atoms with Crippen LogP contribution in [-0.4, -0.2) is 48.6 Å². The molecule has 3 heterocycles. The highest BCUT2D eigenvalue weighted by molar-refractivity contribution is 7.91. The summed E-state index contributed by atoms with van der Waals surface area (Å²) in [7, 11) is -3.45. The van der Waals surface area contributed by atoms with Crippen molar-refractivity contribution in [3.63, 3.8) is 0 Å². The summed E-state index contributed by atoms with van der Waals surface area (Å²) in [6.07, 6.45) is 2.68. The number of thiophene rings is 1. The molecule has 1 amide bonds. The second-order valence-electron chi connectivity index (χ2n) is 6.02. The summed E-state index contributed by atoms with van der Waals surface area (Å²) in [5.41, 5.74) is 1.69. The molecule has 1 aliphatic carbocycles. The Hall–Kier alpha value is -2.08. The number of carbonyl (C=O) groups excluding carboxylic acids is 1. The third-order valence-electron chi connectivity index (χ3n) is 4.53. The fourth-order valence-corrected chi connectivity index (χ4v) is 5.53. The van der Waals surface area contributed by atoms with Gasteiger partial charge in [0.05, 0.1) is 5.56 Å². The summed E-state index contributed by atoms with van der Waals surface area (Å²) in [4.78, 5) is 21.5. The van der Waals surface area contributed by atoms with Gasteiger partial charge in [-0.25, -0.2) is 28.6 Å². The average Bonchev–Trinajstić information content (AvgIpc) is 3.09. The number of hydrogen-bond acceptors (Lipinski definition) is 8. The largest absolute Gasteiger partial charge is 0.340 e. The summed E-state index contributed by atoms with van der Waals surface area (Å²) >= 11 is 1.20. The molecule has 0 spiro atoms. The number of aromatic nitrogens is 2. The molecular weight excluding hydrogens is 366 g/mol. The highest BCUT2D eigenvalue weighted by Crippen LogP contribution is 2.46. The number of anilines is 1. The molecule has 3 atom stereocenters. The number of hydrogen-bond donors (Lipinski definition) is 3. The molecule has 11 heteroatoms. The molecule has 1 saturated heterocycles. The first kappa shape index (κ1) is 16.4. The molecule has 4 rings (SSSR count). The van der Waals surface area contributed by atoms with E-state index in [9.17, 15) is 13.2 Å². The van der Waals surface area contributed by atoms with E-state index >= 15 is 0 Å². The van der Waals surface area contributed by atoms with E-state index in [4.69, 9.17) is 5.21 Å². The van der Waals surface area contributed by atoms with E-state index in [1.165, 1.54) is 29.2 Å². The molecule has 2 fully saturated rings. The predicted molar refractivity (Wildman–Crippen MR) is 88.9 cm³/mol. The number of nitrogens with zero attached hydrogens (tertiary/aromatic N) is 3. The van der Waals surface area contributed by atoms with Gasteiger partial charge >= 0.3 is 0 Å². The van der Waals surface area contributed by atoms with Crippen molar-refractivity contribution in [1.82, 2.24) is 20.2 Å². The van der Waals surface area contributed by atoms with E-state index in [-0.39, 0.29) is 23.4 Å². The van der Waals surface area contributed by atoms with Crippen LogP contribution >= 0.6 is 11.3 Å². The molecule has 0 radical (unpaired) electrons. The summed E-state index contributed by atoms with van der Waals surface area (Å²) in [6, 6.07) is 3.25. The number of sulfonamides is 1. The van der Waals surface area contributed by atoms with Crippen molar-refractivity contribution in [2.24, 2.45) is 11.8 Å². The number of carbonyl (C=O) groups is 1. The van der Waals surface area contributed by atoms with Crippen molar-refractivity contribution in [2.45, 2.75) is 10.3 Å². The van der Waals surface area contributed by atoms with Crippen LogP contribution in [0.2, 0.25) is 0 Å². The number of rotatable bonds is 5. The standard InChI is InChI=1S/C14H15N5O4S2/c20-13(17-21)8-4-15-14(16-5-8)19-6-9-10(7-19)12(9)18-25(22,23)11-2-1-3-24-11/h1-5,9-10,12,18,21H,6-7H2,(H,17,20)/t9-,10+,12?. The Kier molecular flexibility index (Phi) is 3.95. The molecule has 2 aromatic heterocycles. The summed E-state index contributed by atoms with van der Waals surface area (Å²) in [5, 5.41) is 10.3.